The van der Waals surface area contributed by atoms with Crippen molar-refractivity contribution in [2.45, 2.75) is 18.7 Å². The maximum atomic E-state index is 11.3. The molecule has 0 aliphatic heterocycles. The van der Waals surface area contributed by atoms with Crippen molar-refractivity contribution >= 4 is 23.4 Å². The molecule has 1 aromatic carbocycles. The van der Waals surface area contributed by atoms with Gasteiger partial charge in [0.25, 0.3) is 0 Å². The minimum atomic E-state index is -0.907. The molecule has 0 bridgehead atoms. The van der Waals surface area contributed by atoms with Gasteiger partial charge in [0.05, 0.1) is 12.2 Å². The third-order valence-electron chi connectivity index (χ3n) is 2.47. The number of thioether (sulfide) groups is 1. The topological polar surface area (TPSA) is 58.6 Å². The van der Waals surface area contributed by atoms with Gasteiger partial charge in [-0.1, -0.05) is 19.9 Å². The van der Waals surface area contributed by atoms with Crippen LogP contribution in [0, 0.1) is 5.92 Å². The maximum Gasteiger partial charge on any atom is 0.338 e. The van der Waals surface area contributed by atoms with E-state index >= 15 is 0 Å². The predicted octanol–water partition coefficient (Wildman–Crippen LogP) is 3.19. The second-order valence-electron chi connectivity index (χ2n) is 4.58. The Hall–Kier alpha value is -1.20. The number of anilines is 1. The Labute approximate surface area is 118 Å². The summed E-state index contributed by atoms with van der Waals surface area (Å²) >= 11 is 1.43. The maximum absolute atomic E-state index is 11.3. The smallest absolute Gasteiger partial charge is 0.338 e. The zero-order valence-corrected chi connectivity index (χ0v) is 12.4. The van der Waals surface area contributed by atoms with Gasteiger partial charge in [0.2, 0.25) is 0 Å². The van der Waals surface area contributed by atoms with Crippen molar-refractivity contribution < 1.29 is 14.6 Å². The Morgan fingerprint density at radius 1 is 1.47 bits per heavy atom. The van der Waals surface area contributed by atoms with Crippen LogP contribution < -0.4 is 5.32 Å². The second kappa shape index (κ2) is 8.07. The third-order valence-corrected chi connectivity index (χ3v) is 3.25. The molecule has 1 aromatic rings. The Balaban J connectivity index is 2.60. The average molecular weight is 283 g/mol. The molecule has 0 heterocycles. The highest BCUT2D eigenvalue weighted by molar-refractivity contribution is 7.98. The summed E-state index contributed by atoms with van der Waals surface area (Å²) in [5, 5.41) is 12.4. The van der Waals surface area contributed by atoms with Gasteiger partial charge in [-0.2, -0.15) is 0 Å². The monoisotopic (exact) mass is 283 g/mol. The van der Waals surface area contributed by atoms with Gasteiger partial charge in [-0.15, -0.1) is 11.8 Å². The van der Waals surface area contributed by atoms with Gasteiger partial charge in [-0.25, -0.2) is 4.79 Å². The number of rotatable bonds is 8. The van der Waals surface area contributed by atoms with E-state index in [9.17, 15) is 9.90 Å². The molecule has 1 rings (SSSR count). The molecule has 19 heavy (non-hydrogen) atoms. The summed E-state index contributed by atoms with van der Waals surface area (Å²) in [4.78, 5) is 12.1. The van der Waals surface area contributed by atoms with Crippen molar-refractivity contribution in [2.75, 3.05) is 31.3 Å². The molecule has 0 aliphatic rings. The molecule has 0 unspecified atom stereocenters. The zero-order valence-electron chi connectivity index (χ0n) is 11.6. The van der Waals surface area contributed by atoms with Crippen LogP contribution in [0.3, 0.4) is 0 Å². The van der Waals surface area contributed by atoms with E-state index in [1.165, 1.54) is 11.8 Å². The molecule has 0 atom stereocenters. The van der Waals surface area contributed by atoms with Crippen LogP contribution in [0.25, 0.3) is 0 Å². The lowest BCUT2D eigenvalue weighted by Gasteiger charge is -2.13. The van der Waals surface area contributed by atoms with Crippen molar-refractivity contribution in [2.24, 2.45) is 5.92 Å². The van der Waals surface area contributed by atoms with E-state index in [1.54, 1.807) is 6.07 Å². The summed E-state index contributed by atoms with van der Waals surface area (Å²) in [6.45, 7) is 6.08. The molecule has 0 amide bonds. The van der Waals surface area contributed by atoms with Crippen LogP contribution in [0.2, 0.25) is 0 Å². The highest BCUT2D eigenvalue weighted by Crippen LogP contribution is 2.26. The van der Waals surface area contributed by atoms with Gasteiger partial charge in [-0.05, 0) is 24.3 Å². The number of carbonyl (C=O) groups is 1. The van der Waals surface area contributed by atoms with Crippen molar-refractivity contribution in [1.82, 2.24) is 0 Å². The molecule has 0 aromatic heterocycles. The van der Waals surface area contributed by atoms with Gasteiger partial charge in [0.1, 0.15) is 0 Å². The SMILES string of the molecule is CSc1cccc(NCCOCC(C)C)c1C(=O)O. The molecule has 4 nitrogen and oxygen atoms in total. The van der Waals surface area contributed by atoms with Crippen LogP contribution in [-0.2, 0) is 4.74 Å². The Morgan fingerprint density at radius 3 is 2.79 bits per heavy atom. The number of hydrogen-bond donors (Lipinski definition) is 2. The lowest BCUT2D eigenvalue weighted by atomic mass is 10.2. The van der Waals surface area contributed by atoms with E-state index in [-0.39, 0.29) is 0 Å². The van der Waals surface area contributed by atoms with Crippen LogP contribution in [-0.4, -0.2) is 37.1 Å². The van der Waals surface area contributed by atoms with Crippen LogP contribution in [0.1, 0.15) is 24.2 Å². The number of carboxylic acids is 1. The summed E-state index contributed by atoms with van der Waals surface area (Å²) in [5.41, 5.74) is 0.978. The number of ether oxygens (including phenoxy) is 1. The predicted molar refractivity (Wildman–Crippen MR) is 79.3 cm³/mol. The Kier molecular flexibility index (Phi) is 6.73. The summed E-state index contributed by atoms with van der Waals surface area (Å²) < 4.78 is 5.46. The Morgan fingerprint density at radius 2 is 2.21 bits per heavy atom. The number of benzene rings is 1. The van der Waals surface area contributed by atoms with E-state index in [4.69, 9.17) is 4.74 Å². The van der Waals surface area contributed by atoms with E-state index in [2.05, 4.69) is 19.2 Å². The van der Waals surface area contributed by atoms with Crippen molar-refractivity contribution in [3.8, 4) is 0 Å². The summed E-state index contributed by atoms with van der Waals surface area (Å²) in [5.74, 6) is -0.398. The molecule has 0 fully saturated rings. The molecular formula is C14H21NO3S. The van der Waals surface area contributed by atoms with Gasteiger partial charge >= 0.3 is 5.97 Å². The lowest BCUT2D eigenvalue weighted by Crippen LogP contribution is -2.14. The number of hydrogen-bond acceptors (Lipinski definition) is 4. The number of nitrogens with one attached hydrogen (secondary N) is 1. The third kappa shape index (κ3) is 5.12. The normalized spacial score (nSPS) is 10.7. The molecule has 106 valence electrons. The van der Waals surface area contributed by atoms with Crippen molar-refractivity contribution in [1.29, 1.82) is 0 Å². The largest absolute Gasteiger partial charge is 0.478 e. The molecular weight excluding hydrogens is 262 g/mol. The fourth-order valence-corrected chi connectivity index (χ4v) is 2.26. The van der Waals surface area contributed by atoms with Crippen LogP contribution in [0.4, 0.5) is 5.69 Å². The number of aromatic carboxylic acids is 1. The van der Waals surface area contributed by atoms with E-state index in [0.717, 1.165) is 11.5 Å². The highest BCUT2D eigenvalue weighted by Gasteiger charge is 2.14. The van der Waals surface area contributed by atoms with E-state index in [1.807, 2.05) is 18.4 Å². The number of carboxylic acid groups (broad SMARTS) is 1. The molecule has 0 radical (unpaired) electrons. The van der Waals surface area contributed by atoms with Crippen LogP contribution in [0.15, 0.2) is 23.1 Å². The highest BCUT2D eigenvalue weighted by atomic mass is 32.2. The average Bonchev–Trinajstić information content (AvgIpc) is 2.37. The fourth-order valence-electron chi connectivity index (χ4n) is 1.65. The standard InChI is InChI=1S/C14H21NO3S/c1-10(2)9-18-8-7-15-11-5-4-6-12(19-3)13(11)14(16)17/h4-6,10,15H,7-9H2,1-3H3,(H,16,17). The summed E-state index contributed by atoms with van der Waals surface area (Å²) in [6, 6.07) is 5.45. The lowest BCUT2D eigenvalue weighted by molar-refractivity contribution is 0.0694. The van der Waals surface area contributed by atoms with E-state index < -0.39 is 5.97 Å². The quantitative estimate of drug-likeness (QED) is 0.567. The first-order valence-corrected chi connectivity index (χ1v) is 7.50. The first-order chi connectivity index (χ1) is 9.06. The first kappa shape index (κ1) is 15.9. The molecule has 2 N–H and O–H groups in total. The van der Waals surface area contributed by atoms with Gasteiger partial charge < -0.3 is 15.2 Å². The van der Waals surface area contributed by atoms with Gasteiger partial charge in [0.15, 0.2) is 0 Å². The molecule has 0 saturated carbocycles. The fraction of sp³-hybridized carbons (Fsp3) is 0.500. The summed E-state index contributed by atoms with van der Waals surface area (Å²) in [6.07, 6.45) is 1.87. The van der Waals surface area contributed by atoms with Gasteiger partial charge in [-0.3, -0.25) is 0 Å². The van der Waals surface area contributed by atoms with Crippen molar-refractivity contribution in [3.05, 3.63) is 23.8 Å². The van der Waals surface area contributed by atoms with E-state index in [0.29, 0.717) is 30.3 Å². The molecule has 0 aliphatic carbocycles. The summed E-state index contributed by atoms with van der Waals surface area (Å²) in [7, 11) is 0. The minimum Gasteiger partial charge on any atom is -0.478 e. The molecule has 0 spiro atoms. The van der Waals surface area contributed by atoms with Crippen LogP contribution in [0.5, 0.6) is 0 Å². The van der Waals surface area contributed by atoms with Crippen molar-refractivity contribution in [3.63, 3.8) is 0 Å². The zero-order chi connectivity index (χ0) is 14.3. The van der Waals surface area contributed by atoms with Gasteiger partial charge in [0, 0.05) is 23.7 Å². The van der Waals surface area contributed by atoms with Crippen LogP contribution >= 0.6 is 11.8 Å². The molecule has 0 saturated heterocycles. The molecule has 5 heteroatoms. The second-order valence-corrected chi connectivity index (χ2v) is 5.43. The Bertz CT molecular complexity index is 421. The first-order valence-electron chi connectivity index (χ1n) is 6.28. The minimum absolute atomic E-state index is 0.332.